The van der Waals surface area contributed by atoms with Crippen molar-refractivity contribution >= 4 is 40.0 Å². The van der Waals surface area contributed by atoms with Gasteiger partial charge in [-0.05, 0) is 60.5 Å². The summed E-state index contributed by atoms with van der Waals surface area (Å²) in [7, 11) is 0.684. The average Bonchev–Trinajstić information content (AvgIpc) is 2.77. The molecule has 0 unspecified atom stereocenters. The highest BCUT2D eigenvalue weighted by Crippen LogP contribution is 2.59. The smallest absolute Gasteiger partial charge is 0.258 e. The Labute approximate surface area is 187 Å². The van der Waals surface area contributed by atoms with Crippen LogP contribution in [0.3, 0.4) is 0 Å². The van der Waals surface area contributed by atoms with Gasteiger partial charge in [0, 0.05) is 35.2 Å². The van der Waals surface area contributed by atoms with Crippen LogP contribution in [-0.2, 0) is 9.09 Å². The van der Waals surface area contributed by atoms with Crippen LogP contribution in [0.1, 0.15) is 24.7 Å². The fourth-order valence-corrected chi connectivity index (χ4v) is 5.95. The highest BCUT2D eigenvalue weighted by atomic mass is 79.9. The fraction of sp³-hybridized carbons (Fsp3) is 0.250. The van der Waals surface area contributed by atoms with Gasteiger partial charge in [0.25, 0.3) is 7.37 Å². The number of rotatable bonds is 9. The lowest BCUT2D eigenvalue weighted by molar-refractivity contribution is 0.315. The van der Waals surface area contributed by atoms with Gasteiger partial charge in [0.15, 0.2) is 0 Å². The molecule has 0 aliphatic rings. The van der Waals surface area contributed by atoms with Gasteiger partial charge in [-0.1, -0.05) is 53.2 Å². The predicted molar refractivity (Wildman–Crippen MR) is 131 cm³/mol. The minimum absolute atomic E-state index is 0.427. The monoisotopic (exact) mass is 486 g/mol. The highest BCUT2D eigenvalue weighted by Gasteiger charge is 2.37. The lowest BCUT2D eigenvalue weighted by Gasteiger charge is -2.30. The van der Waals surface area contributed by atoms with Crippen molar-refractivity contribution in [1.82, 2.24) is 0 Å². The Bertz CT molecular complexity index is 976. The number of para-hydroxylation sites is 1. The summed E-state index contributed by atoms with van der Waals surface area (Å²) in [6.07, 6.45) is 0.790. The van der Waals surface area contributed by atoms with E-state index < -0.39 is 13.2 Å². The van der Waals surface area contributed by atoms with Crippen molar-refractivity contribution in [2.45, 2.75) is 19.1 Å². The Hall–Kier alpha value is -2.07. The quantitative estimate of drug-likeness (QED) is 0.343. The number of benzene rings is 3. The van der Waals surface area contributed by atoms with Crippen molar-refractivity contribution in [2.24, 2.45) is 0 Å². The maximum absolute atomic E-state index is 14.5. The Morgan fingerprint density at radius 1 is 0.967 bits per heavy atom. The van der Waals surface area contributed by atoms with Crippen LogP contribution in [-0.4, -0.2) is 20.7 Å². The average molecular weight is 487 g/mol. The summed E-state index contributed by atoms with van der Waals surface area (Å²) in [6.45, 7) is 2.45. The molecule has 0 heterocycles. The lowest BCUT2D eigenvalue weighted by Crippen LogP contribution is -2.21. The molecule has 30 heavy (non-hydrogen) atoms. The van der Waals surface area contributed by atoms with Crippen LogP contribution in [0.5, 0.6) is 0 Å². The van der Waals surface area contributed by atoms with Gasteiger partial charge >= 0.3 is 0 Å². The van der Waals surface area contributed by atoms with E-state index in [1.54, 1.807) is 0 Å². The molecule has 1 N–H and O–H groups in total. The van der Waals surface area contributed by atoms with Crippen molar-refractivity contribution in [1.29, 1.82) is 0 Å². The number of hydrogen-bond donors (Lipinski definition) is 1. The number of anilines is 2. The minimum atomic E-state index is -3.30. The summed E-state index contributed by atoms with van der Waals surface area (Å²) in [6, 6.07) is 25.6. The van der Waals surface area contributed by atoms with E-state index >= 15 is 0 Å². The Balaban J connectivity index is 2.10. The van der Waals surface area contributed by atoms with Crippen molar-refractivity contribution < 1.29 is 9.09 Å². The maximum Gasteiger partial charge on any atom is 0.258 e. The molecule has 0 spiro atoms. The third-order valence-corrected chi connectivity index (χ3v) is 8.04. The van der Waals surface area contributed by atoms with Gasteiger partial charge in [-0.25, -0.2) is 0 Å². The zero-order chi connectivity index (χ0) is 21.6. The van der Waals surface area contributed by atoms with Gasteiger partial charge in [-0.3, -0.25) is 4.57 Å². The molecule has 0 bridgehead atoms. The van der Waals surface area contributed by atoms with E-state index in [9.17, 15) is 4.57 Å². The summed E-state index contributed by atoms with van der Waals surface area (Å²) >= 11 is 3.49. The zero-order valence-corrected chi connectivity index (χ0v) is 20.1. The maximum atomic E-state index is 14.5. The van der Waals surface area contributed by atoms with Crippen LogP contribution in [0.2, 0.25) is 0 Å². The van der Waals surface area contributed by atoms with Gasteiger partial charge in [-0.15, -0.1) is 0 Å². The van der Waals surface area contributed by atoms with Gasteiger partial charge < -0.3 is 14.7 Å². The van der Waals surface area contributed by atoms with Gasteiger partial charge in [-0.2, -0.15) is 0 Å². The highest BCUT2D eigenvalue weighted by molar-refractivity contribution is 9.10. The first-order chi connectivity index (χ1) is 14.4. The molecule has 0 saturated carbocycles. The van der Waals surface area contributed by atoms with Crippen LogP contribution < -0.4 is 15.5 Å². The second-order valence-corrected chi connectivity index (χ2v) is 10.7. The number of hydrogen-bond acceptors (Lipinski definition) is 4. The van der Waals surface area contributed by atoms with Gasteiger partial charge in [0.1, 0.15) is 5.78 Å². The van der Waals surface area contributed by atoms with Crippen LogP contribution >= 0.6 is 23.3 Å². The van der Waals surface area contributed by atoms with E-state index in [1.165, 1.54) is 0 Å². The number of nitrogens with zero attached hydrogens (tertiary/aromatic N) is 1. The molecule has 3 aromatic rings. The molecule has 6 heteroatoms. The molecule has 0 aliphatic heterocycles. The van der Waals surface area contributed by atoms with E-state index in [1.807, 2.05) is 105 Å². The van der Waals surface area contributed by atoms with Crippen LogP contribution in [0.15, 0.2) is 83.3 Å². The van der Waals surface area contributed by atoms with E-state index in [0.29, 0.717) is 11.9 Å². The van der Waals surface area contributed by atoms with Crippen LogP contribution in [0.4, 0.5) is 11.4 Å². The topological polar surface area (TPSA) is 41.6 Å². The molecule has 3 rings (SSSR count). The standard InChI is InChI=1S/C24H28BrN2O2P/c1-4-18-29-30(28,23-16-14-22(15-17-23)27(2)3)24(19-10-12-20(25)13-11-19)26-21-8-6-5-7-9-21/h5-17,24,26H,4,18H2,1-3H3/t24-,30-/m1/s1. The second-order valence-electron chi connectivity index (χ2n) is 7.31. The molecular weight excluding hydrogens is 459 g/mol. The molecule has 2 atom stereocenters. The lowest BCUT2D eigenvalue weighted by atomic mass is 10.2. The van der Waals surface area contributed by atoms with E-state index in [0.717, 1.165) is 27.8 Å². The Morgan fingerprint density at radius 2 is 1.60 bits per heavy atom. The summed E-state index contributed by atoms with van der Waals surface area (Å²) in [4.78, 5) is 2.02. The predicted octanol–water partition coefficient (Wildman–Crippen LogP) is 6.66. The largest absolute Gasteiger partial charge is 0.378 e. The van der Waals surface area contributed by atoms with Crippen molar-refractivity contribution in [2.75, 3.05) is 30.9 Å². The van der Waals surface area contributed by atoms with Gasteiger partial charge in [0.2, 0.25) is 0 Å². The molecule has 0 aliphatic carbocycles. The molecule has 0 fully saturated rings. The molecule has 0 saturated heterocycles. The molecule has 3 aromatic carbocycles. The van der Waals surface area contributed by atoms with Crippen molar-refractivity contribution in [3.8, 4) is 0 Å². The zero-order valence-electron chi connectivity index (χ0n) is 17.6. The normalized spacial score (nSPS) is 14.0. The van der Waals surface area contributed by atoms with Crippen molar-refractivity contribution in [3.63, 3.8) is 0 Å². The summed E-state index contributed by atoms with van der Waals surface area (Å²) in [5.41, 5.74) is 2.87. The number of halogens is 1. The first kappa shape index (κ1) is 22.6. The third-order valence-electron chi connectivity index (χ3n) is 4.82. The van der Waals surface area contributed by atoms with E-state index in [2.05, 4.69) is 21.2 Å². The summed E-state index contributed by atoms with van der Waals surface area (Å²) < 4.78 is 21.7. The third kappa shape index (κ3) is 5.34. The van der Waals surface area contributed by atoms with Crippen LogP contribution in [0, 0.1) is 0 Å². The second kappa shape index (κ2) is 10.3. The first-order valence-corrected chi connectivity index (χ1v) is 12.5. The van der Waals surface area contributed by atoms with E-state index in [-0.39, 0.29) is 0 Å². The summed E-state index contributed by atoms with van der Waals surface area (Å²) in [5.74, 6) is -0.509. The number of nitrogens with one attached hydrogen (secondary N) is 1. The first-order valence-electron chi connectivity index (χ1n) is 10.0. The molecule has 0 radical (unpaired) electrons. The molecule has 0 amide bonds. The minimum Gasteiger partial charge on any atom is -0.378 e. The Kier molecular flexibility index (Phi) is 7.76. The Morgan fingerprint density at radius 3 is 2.17 bits per heavy atom. The molecule has 4 nitrogen and oxygen atoms in total. The fourth-order valence-electron chi connectivity index (χ4n) is 3.19. The molecule has 0 aromatic heterocycles. The summed E-state index contributed by atoms with van der Waals surface area (Å²) in [5, 5.41) is 4.19. The van der Waals surface area contributed by atoms with Crippen molar-refractivity contribution in [3.05, 3.63) is 88.9 Å². The van der Waals surface area contributed by atoms with Crippen LogP contribution in [0.25, 0.3) is 0 Å². The van der Waals surface area contributed by atoms with E-state index in [4.69, 9.17) is 4.52 Å². The SMILES string of the molecule is CCCO[P@](=O)(c1ccc(N(C)C)cc1)[C@@H](Nc1ccccc1)c1ccc(Br)cc1. The van der Waals surface area contributed by atoms with Gasteiger partial charge in [0.05, 0.1) is 6.61 Å². The molecule has 158 valence electrons. The molecular formula is C24H28BrN2O2P.